The fourth-order valence-electron chi connectivity index (χ4n) is 3.73. The molecule has 160 valence electrons. The summed E-state index contributed by atoms with van der Waals surface area (Å²) in [7, 11) is 0. The minimum Gasteiger partial charge on any atom is -0.461 e. The first-order chi connectivity index (χ1) is 14.4. The topological polar surface area (TPSA) is 60.1 Å². The summed E-state index contributed by atoms with van der Waals surface area (Å²) in [5.74, 6) is 0.969. The average Bonchev–Trinajstić information content (AvgIpc) is 3.11. The van der Waals surface area contributed by atoms with Crippen LogP contribution in [0.5, 0.6) is 0 Å². The highest BCUT2D eigenvalue weighted by atomic mass is 35.5. The first-order valence-corrected chi connectivity index (χ1v) is 9.42. The van der Waals surface area contributed by atoms with Gasteiger partial charge in [0.2, 0.25) is 0 Å². The number of hydrogen-bond acceptors (Lipinski definition) is 4. The molecule has 0 fully saturated rings. The molecule has 0 saturated heterocycles. The van der Waals surface area contributed by atoms with E-state index in [9.17, 15) is 18.0 Å². The molecule has 1 N–H and O–H groups in total. The Balaban J connectivity index is 0.00000231. The molecular weight excluding hydrogens is 431 g/mol. The lowest BCUT2D eigenvalue weighted by atomic mass is 10.1. The van der Waals surface area contributed by atoms with Gasteiger partial charge in [0.15, 0.2) is 0 Å². The third kappa shape index (κ3) is 3.84. The Morgan fingerprint density at radius 2 is 1.94 bits per heavy atom. The van der Waals surface area contributed by atoms with Crippen molar-refractivity contribution in [2.75, 3.05) is 6.54 Å². The van der Waals surface area contributed by atoms with Crippen molar-refractivity contribution in [1.82, 2.24) is 14.9 Å². The molecule has 31 heavy (non-hydrogen) atoms. The Hall–Kier alpha value is -3.10. The fraction of sp³-hybridized carbons (Fsp3) is 0.182. The molecule has 0 unspecified atom stereocenters. The molecule has 0 saturated carbocycles. The zero-order valence-corrected chi connectivity index (χ0v) is 16.9. The van der Waals surface area contributed by atoms with Gasteiger partial charge >= 0.3 is 6.18 Å². The number of aromatic nitrogens is 2. The third-order valence-corrected chi connectivity index (χ3v) is 5.27. The molecule has 0 bridgehead atoms. The van der Waals surface area contributed by atoms with Crippen LogP contribution in [0.4, 0.5) is 13.2 Å². The first kappa shape index (κ1) is 21.1. The van der Waals surface area contributed by atoms with Crippen LogP contribution >= 0.6 is 12.4 Å². The van der Waals surface area contributed by atoms with Crippen LogP contribution in [0.1, 0.15) is 16.9 Å². The second-order valence-corrected chi connectivity index (χ2v) is 7.16. The van der Waals surface area contributed by atoms with Crippen molar-refractivity contribution in [3.63, 3.8) is 0 Å². The number of halogens is 4. The molecule has 5 rings (SSSR count). The third-order valence-electron chi connectivity index (χ3n) is 5.27. The lowest BCUT2D eigenvalue weighted by Gasteiger charge is -2.10. The molecule has 9 heteroatoms. The van der Waals surface area contributed by atoms with Gasteiger partial charge in [-0.15, -0.1) is 12.4 Å². The normalized spacial score (nSPS) is 13.6. The summed E-state index contributed by atoms with van der Waals surface area (Å²) in [4.78, 5) is 16.5. The number of fused-ring (bicyclic) bond motifs is 3. The molecule has 1 aromatic carbocycles. The number of alkyl halides is 3. The largest absolute Gasteiger partial charge is 0.461 e. The number of hydrogen-bond donors (Lipinski definition) is 1. The van der Waals surface area contributed by atoms with Gasteiger partial charge in [-0.05, 0) is 30.3 Å². The number of rotatable bonds is 2. The summed E-state index contributed by atoms with van der Waals surface area (Å²) in [5.41, 5.74) is 2.13. The molecule has 0 aliphatic carbocycles. The molecule has 5 nitrogen and oxygen atoms in total. The Bertz CT molecular complexity index is 1310. The van der Waals surface area contributed by atoms with Gasteiger partial charge in [0, 0.05) is 60.5 Å². The molecule has 3 aromatic heterocycles. The lowest BCUT2D eigenvalue weighted by Crippen LogP contribution is -2.22. The fourth-order valence-corrected chi connectivity index (χ4v) is 3.73. The maximum absolute atomic E-state index is 12.7. The molecule has 4 heterocycles. The number of furan rings is 1. The molecule has 1 aliphatic heterocycles. The van der Waals surface area contributed by atoms with E-state index in [4.69, 9.17) is 4.42 Å². The van der Waals surface area contributed by atoms with Gasteiger partial charge in [-0.2, -0.15) is 13.2 Å². The van der Waals surface area contributed by atoms with Crippen LogP contribution in [0.3, 0.4) is 0 Å². The van der Waals surface area contributed by atoms with Gasteiger partial charge in [0.25, 0.3) is 5.56 Å². The Morgan fingerprint density at radius 1 is 1.10 bits per heavy atom. The average molecular weight is 448 g/mol. The van der Waals surface area contributed by atoms with Gasteiger partial charge in [-0.3, -0.25) is 14.3 Å². The number of nitrogens with one attached hydrogen (secondary N) is 1. The van der Waals surface area contributed by atoms with E-state index in [2.05, 4.69) is 10.3 Å². The highest BCUT2D eigenvalue weighted by molar-refractivity contribution is 5.85. The number of pyridine rings is 2. The summed E-state index contributed by atoms with van der Waals surface area (Å²) in [5, 5.41) is 4.35. The summed E-state index contributed by atoms with van der Waals surface area (Å²) in [6.45, 7) is 1.63. The van der Waals surface area contributed by atoms with Crippen LogP contribution in [0.25, 0.3) is 27.9 Å². The summed E-state index contributed by atoms with van der Waals surface area (Å²) in [6.07, 6.45) is -1.27. The molecular formula is C22H17ClF3N3O2. The molecule has 0 amide bonds. The summed E-state index contributed by atoms with van der Waals surface area (Å²) in [6, 6.07) is 10.8. The van der Waals surface area contributed by atoms with Crippen LogP contribution in [0.2, 0.25) is 0 Å². The van der Waals surface area contributed by atoms with E-state index in [1.165, 1.54) is 16.7 Å². The summed E-state index contributed by atoms with van der Waals surface area (Å²) < 4.78 is 45.6. The maximum atomic E-state index is 12.7. The van der Waals surface area contributed by atoms with Gasteiger partial charge in [0.1, 0.15) is 11.3 Å². The van der Waals surface area contributed by atoms with E-state index in [0.717, 1.165) is 54.1 Å². The Kier molecular flexibility index (Phi) is 5.36. The van der Waals surface area contributed by atoms with Crippen LogP contribution in [-0.2, 0) is 19.1 Å². The van der Waals surface area contributed by atoms with Crippen LogP contribution < -0.4 is 10.9 Å². The van der Waals surface area contributed by atoms with Crippen molar-refractivity contribution in [2.45, 2.75) is 19.1 Å². The molecule has 0 radical (unpaired) electrons. The van der Waals surface area contributed by atoms with E-state index in [1.54, 1.807) is 12.3 Å². The van der Waals surface area contributed by atoms with Crippen molar-refractivity contribution in [1.29, 1.82) is 0 Å². The van der Waals surface area contributed by atoms with Gasteiger partial charge < -0.3 is 9.73 Å². The minimum absolute atomic E-state index is 0. The van der Waals surface area contributed by atoms with Gasteiger partial charge in [-0.25, -0.2) is 0 Å². The van der Waals surface area contributed by atoms with E-state index in [1.807, 2.05) is 18.2 Å². The van der Waals surface area contributed by atoms with Gasteiger partial charge in [-0.1, -0.05) is 0 Å². The smallest absolute Gasteiger partial charge is 0.417 e. The first-order valence-electron chi connectivity index (χ1n) is 9.42. The van der Waals surface area contributed by atoms with Crippen molar-refractivity contribution in [3.8, 4) is 16.9 Å². The van der Waals surface area contributed by atoms with Crippen molar-refractivity contribution in [3.05, 3.63) is 82.1 Å². The molecule has 1 aliphatic rings. The zero-order chi connectivity index (χ0) is 20.9. The Labute approximate surface area is 180 Å². The van der Waals surface area contributed by atoms with Gasteiger partial charge in [0.05, 0.1) is 16.9 Å². The van der Waals surface area contributed by atoms with E-state index in [0.29, 0.717) is 16.9 Å². The number of benzene rings is 1. The van der Waals surface area contributed by atoms with Crippen LogP contribution in [0, 0.1) is 0 Å². The standard InChI is InChI=1S/C22H16F3N3O2.ClH/c23-22(24,25)14-1-4-18(27-11-14)13-6-8-28(21(29)9-13)15-2-3-16-17-12-26-7-5-19(17)30-20(16)10-15;/h1-4,6,8-11,26H,5,7,12H2;1H. The molecule has 4 aromatic rings. The highest BCUT2D eigenvalue weighted by Crippen LogP contribution is 2.31. The van der Waals surface area contributed by atoms with E-state index >= 15 is 0 Å². The minimum atomic E-state index is -4.45. The van der Waals surface area contributed by atoms with Crippen LogP contribution in [-0.4, -0.2) is 16.1 Å². The van der Waals surface area contributed by atoms with Crippen molar-refractivity contribution in [2.24, 2.45) is 0 Å². The molecule has 0 atom stereocenters. The predicted octanol–water partition coefficient (Wildman–Crippen LogP) is 4.73. The van der Waals surface area contributed by atoms with Crippen LogP contribution in [0.15, 0.2) is 64.1 Å². The second kappa shape index (κ2) is 7.86. The maximum Gasteiger partial charge on any atom is 0.417 e. The summed E-state index contributed by atoms with van der Waals surface area (Å²) >= 11 is 0. The second-order valence-electron chi connectivity index (χ2n) is 7.16. The monoisotopic (exact) mass is 447 g/mol. The quantitative estimate of drug-likeness (QED) is 0.482. The van der Waals surface area contributed by atoms with E-state index < -0.39 is 11.7 Å². The zero-order valence-electron chi connectivity index (χ0n) is 16.1. The highest BCUT2D eigenvalue weighted by Gasteiger charge is 2.30. The predicted molar refractivity (Wildman–Crippen MR) is 113 cm³/mol. The lowest BCUT2D eigenvalue weighted by molar-refractivity contribution is -0.137. The van der Waals surface area contributed by atoms with Crippen molar-refractivity contribution < 1.29 is 17.6 Å². The number of nitrogens with zero attached hydrogens (tertiary/aromatic N) is 2. The molecule has 0 spiro atoms. The SMILES string of the molecule is Cl.O=c1cc(-c2ccc(C(F)(F)F)cn2)ccn1-c1ccc2c3c(oc2c1)CCNC3. The Morgan fingerprint density at radius 3 is 2.65 bits per heavy atom. The van der Waals surface area contributed by atoms with Crippen molar-refractivity contribution >= 4 is 23.4 Å². The van der Waals surface area contributed by atoms with E-state index in [-0.39, 0.29) is 18.0 Å².